The highest BCUT2D eigenvalue weighted by molar-refractivity contribution is 7.08. The van der Waals surface area contributed by atoms with Crippen LogP contribution in [0.5, 0.6) is 0 Å². The maximum Gasteiger partial charge on any atom is -0.00119 e. The second kappa shape index (κ2) is 3.75. The normalized spacial score (nSPS) is 10.2. The summed E-state index contributed by atoms with van der Waals surface area (Å²) in [6, 6.07) is 10.6. The van der Waals surface area contributed by atoms with E-state index < -0.39 is 0 Å². The van der Waals surface area contributed by atoms with E-state index in [1.165, 1.54) is 16.7 Å². The van der Waals surface area contributed by atoms with Crippen LogP contribution in [0.3, 0.4) is 0 Å². The number of hydrogen-bond acceptors (Lipinski definition) is 1. The molecule has 0 spiro atoms. The van der Waals surface area contributed by atoms with Gasteiger partial charge in [-0.3, -0.25) is 0 Å². The summed E-state index contributed by atoms with van der Waals surface area (Å²) in [6.07, 6.45) is 1.12. The zero-order valence-electron chi connectivity index (χ0n) is 7.66. The van der Waals surface area contributed by atoms with Gasteiger partial charge in [-0.1, -0.05) is 37.3 Å². The van der Waals surface area contributed by atoms with Crippen molar-refractivity contribution in [3.8, 4) is 11.1 Å². The van der Waals surface area contributed by atoms with E-state index in [0.29, 0.717) is 0 Å². The first kappa shape index (κ1) is 8.52. The van der Waals surface area contributed by atoms with E-state index in [0.717, 1.165) is 6.42 Å². The maximum absolute atomic E-state index is 2.24. The minimum Gasteiger partial charge on any atom is -0.151 e. The van der Waals surface area contributed by atoms with Crippen LogP contribution in [0.15, 0.2) is 41.1 Å². The summed E-state index contributed by atoms with van der Waals surface area (Å²) < 4.78 is 0. The van der Waals surface area contributed by atoms with Gasteiger partial charge in [0.05, 0.1) is 0 Å². The molecule has 0 unspecified atom stereocenters. The molecule has 2 aromatic rings. The molecule has 2 rings (SSSR count). The van der Waals surface area contributed by atoms with Crippen LogP contribution in [-0.2, 0) is 6.42 Å². The van der Waals surface area contributed by atoms with Gasteiger partial charge in [-0.05, 0) is 33.9 Å². The lowest BCUT2D eigenvalue weighted by atomic mass is 10.0. The average Bonchev–Trinajstić information content (AvgIpc) is 2.67. The van der Waals surface area contributed by atoms with Crippen molar-refractivity contribution in [1.29, 1.82) is 0 Å². The summed E-state index contributed by atoms with van der Waals surface area (Å²) >= 11 is 1.79. The van der Waals surface area contributed by atoms with Gasteiger partial charge in [0, 0.05) is 0 Å². The third-order valence-corrected chi connectivity index (χ3v) is 3.00. The third-order valence-electron chi connectivity index (χ3n) is 2.21. The number of rotatable bonds is 2. The Bertz CT molecular complexity index is 373. The van der Waals surface area contributed by atoms with Gasteiger partial charge in [0.2, 0.25) is 0 Å². The van der Waals surface area contributed by atoms with Crippen molar-refractivity contribution in [2.24, 2.45) is 0 Å². The predicted octanol–water partition coefficient (Wildman–Crippen LogP) is 3.98. The van der Waals surface area contributed by atoms with Crippen molar-refractivity contribution in [2.45, 2.75) is 13.3 Å². The standard InChI is InChI=1S/C12H12S/c1-2-10-8-13-9-12(10)11-6-4-3-5-7-11/h3-9H,2H2,1H3. The topological polar surface area (TPSA) is 0 Å². The molecule has 66 valence electrons. The van der Waals surface area contributed by atoms with Gasteiger partial charge in [-0.25, -0.2) is 0 Å². The van der Waals surface area contributed by atoms with Crippen LogP contribution in [-0.4, -0.2) is 0 Å². The van der Waals surface area contributed by atoms with Gasteiger partial charge in [0.15, 0.2) is 0 Å². The minimum atomic E-state index is 1.12. The van der Waals surface area contributed by atoms with Gasteiger partial charge in [-0.15, -0.1) is 0 Å². The summed E-state index contributed by atoms with van der Waals surface area (Å²) in [4.78, 5) is 0. The molecule has 0 amide bonds. The Labute approximate surface area is 82.9 Å². The maximum atomic E-state index is 2.24. The summed E-state index contributed by atoms with van der Waals surface area (Å²) in [5.74, 6) is 0. The second-order valence-electron chi connectivity index (χ2n) is 3.03. The van der Waals surface area contributed by atoms with Gasteiger partial charge in [-0.2, -0.15) is 11.3 Å². The lowest BCUT2D eigenvalue weighted by Gasteiger charge is -2.00. The summed E-state index contributed by atoms with van der Waals surface area (Å²) in [5.41, 5.74) is 4.19. The smallest absolute Gasteiger partial charge is 0.00119 e. The van der Waals surface area contributed by atoms with Gasteiger partial charge in [0.25, 0.3) is 0 Å². The number of aryl methyl sites for hydroxylation is 1. The molecular formula is C12H12S. The Hall–Kier alpha value is -1.08. The van der Waals surface area contributed by atoms with Crippen LogP contribution in [0, 0.1) is 0 Å². The van der Waals surface area contributed by atoms with Crippen molar-refractivity contribution in [3.63, 3.8) is 0 Å². The zero-order chi connectivity index (χ0) is 9.10. The van der Waals surface area contributed by atoms with Crippen LogP contribution in [0.4, 0.5) is 0 Å². The summed E-state index contributed by atoms with van der Waals surface area (Å²) in [7, 11) is 0. The number of hydrogen-bond donors (Lipinski definition) is 0. The molecular weight excluding hydrogens is 176 g/mol. The highest BCUT2D eigenvalue weighted by Gasteiger charge is 2.02. The summed E-state index contributed by atoms with van der Waals surface area (Å²) in [6.45, 7) is 2.20. The molecule has 1 heteroatoms. The van der Waals surface area contributed by atoms with E-state index in [-0.39, 0.29) is 0 Å². The lowest BCUT2D eigenvalue weighted by Crippen LogP contribution is -1.80. The Kier molecular flexibility index (Phi) is 2.46. The lowest BCUT2D eigenvalue weighted by molar-refractivity contribution is 1.16. The van der Waals surface area contributed by atoms with E-state index in [2.05, 4.69) is 48.0 Å². The van der Waals surface area contributed by atoms with E-state index in [1.807, 2.05) is 0 Å². The number of thiophene rings is 1. The van der Waals surface area contributed by atoms with Gasteiger partial charge >= 0.3 is 0 Å². The highest BCUT2D eigenvalue weighted by Crippen LogP contribution is 2.27. The Morgan fingerprint density at radius 2 is 1.85 bits per heavy atom. The van der Waals surface area contributed by atoms with Crippen LogP contribution in [0.2, 0.25) is 0 Å². The minimum absolute atomic E-state index is 1.12. The Balaban J connectivity index is 2.47. The van der Waals surface area contributed by atoms with Gasteiger partial charge < -0.3 is 0 Å². The van der Waals surface area contributed by atoms with Crippen molar-refractivity contribution in [3.05, 3.63) is 46.7 Å². The molecule has 1 heterocycles. The Morgan fingerprint density at radius 3 is 2.54 bits per heavy atom. The van der Waals surface area contributed by atoms with Crippen LogP contribution >= 0.6 is 11.3 Å². The highest BCUT2D eigenvalue weighted by atomic mass is 32.1. The van der Waals surface area contributed by atoms with Crippen molar-refractivity contribution in [2.75, 3.05) is 0 Å². The largest absolute Gasteiger partial charge is 0.151 e. The fourth-order valence-electron chi connectivity index (χ4n) is 1.47. The molecule has 0 aliphatic rings. The van der Waals surface area contributed by atoms with Crippen LogP contribution in [0.25, 0.3) is 11.1 Å². The molecule has 0 aliphatic heterocycles. The van der Waals surface area contributed by atoms with Crippen molar-refractivity contribution < 1.29 is 0 Å². The molecule has 0 radical (unpaired) electrons. The van der Waals surface area contributed by atoms with Crippen molar-refractivity contribution >= 4 is 11.3 Å². The van der Waals surface area contributed by atoms with Crippen LogP contribution in [0.1, 0.15) is 12.5 Å². The van der Waals surface area contributed by atoms with E-state index in [9.17, 15) is 0 Å². The van der Waals surface area contributed by atoms with Gasteiger partial charge in [0.1, 0.15) is 0 Å². The molecule has 0 fully saturated rings. The quantitative estimate of drug-likeness (QED) is 0.668. The second-order valence-corrected chi connectivity index (χ2v) is 3.77. The molecule has 0 N–H and O–H groups in total. The molecule has 0 nitrogen and oxygen atoms in total. The third kappa shape index (κ3) is 1.65. The molecule has 0 bridgehead atoms. The molecule has 1 aromatic carbocycles. The average molecular weight is 188 g/mol. The first-order valence-corrected chi connectivity index (χ1v) is 5.46. The van der Waals surface area contributed by atoms with Crippen LogP contribution < -0.4 is 0 Å². The fraction of sp³-hybridized carbons (Fsp3) is 0.167. The molecule has 0 saturated heterocycles. The monoisotopic (exact) mass is 188 g/mol. The first-order chi connectivity index (χ1) is 6.42. The molecule has 1 aromatic heterocycles. The predicted molar refractivity (Wildman–Crippen MR) is 59.1 cm³/mol. The molecule has 0 atom stereocenters. The Morgan fingerprint density at radius 1 is 1.08 bits per heavy atom. The molecule has 0 saturated carbocycles. The van der Waals surface area contributed by atoms with Crippen molar-refractivity contribution in [1.82, 2.24) is 0 Å². The number of benzene rings is 1. The first-order valence-electron chi connectivity index (χ1n) is 4.52. The molecule has 0 aliphatic carbocycles. The fourth-order valence-corrected chi connectivity index (χ4v) is 2.42. The van der Waals surface area contributed by atoms with E-state index in [1.54, 1.807) is 11.3 Å². The SMILES string of the molecule is CCc1cscc1-c1ccccc1. The molecule has 13 heavy (non-hydrogen) atoms. The zero-order valence-corrected chi connectivity index (χ0v) is 8.47. The summed E-state index contributed by atoms with van der Waals surface area (Å²) in [5, 5.41) is 4.47. The van der Waals surface area contributed by atoms with E-state index >= 15 is 0 Å². The van der Waals surface area contributed by atoms with E-state index in [4.69, 9.17) is 0 Å².